The Morgan fingerprint density at radius 2 is 2.08 bits per heavy atom. The van der Waals surface area contributed by atoms with Gasteiger partial charge in [-0.25, -0.2) is 0 Å². The molecule has 3 saturated carbocycles. The van der Waals surface area contributed by atoms with Crippen LogP contribution in [0.1, 0.15) is 33.6 Å². The number of oxime groups is 1. The van der Waals surface area contributed by atoms with E-state index >= 15 is 0 Å². The van der Waals surface area contributed by atoms with Crippen molar-refractivity contribution < 1.29 is 5.21 Å². The van der Waals surface area contributed by atoms with E-state index in [1.807, 2.05) is 6.92 Å². The average Bonchev–Trinajstić information content (AvgIpc) is 2.01. The molecule has 3 rings (SSSR count). The van der Waals surface area contributed by atoms with Crippen LogP contribution in [0.3, 0.4) is 0 Å². The van der Waals surface area contributed by atoms with Gasteiger partial charge in [-0.05, 0) is 37.0 Å². The molecule has 13 heavy (non-hydrogen) atoms. The van der Waals surface area contributed by atoms with E-state index in [2.05, 4.69) is 19.0 Å². The smallest absolute Gasteiger partial charge is 0.0865 e. The van der Waals surface area contributed by atoms with Crippen LogP contribution in [0, 0.1) is 17.3 Å². The highest BCUT2D eigenvalue weighted by Gasteiger charge is 2.61. The first-order valence-corrected chi connectivity index (χ1v) is 5.18. The Bertz CT molecular complexity index is 270. The highest BCUT2D eigenvalue weighted by Crippen LogP contribution is 2.63. The van der Waals surface area contributed by atoms with Gasteiger partial charge in [0.2, 0.25) is 0 Å². The lowest BCUT2D eigenvalue weighted by molar-refractivity contribution is -0.0450. The molecule has 0 aromatic heterocycles. The minimum absolute atomic E-state index is 0.324. The van der Waals surface area contributed by atoms with Crippen molar-refractivity contribution in [3.63, 3.8) is 0 Å². The number of halogens is 1. The zero-order valence-corrected chi connectivity index (χ0v) is 9.10. The first-order valence-electron chi connectivity index (χ1n) is 4.81. The number of rotatable bonds is 0. The van der Waals surface area contributed by atoms with E-state index in [9.17, 15) is 0 Å². The van der Waals surface area contributed by atoms with Crippen molar-refractivity contribution in [2.75, 3.05) is 0 Å². The quantitative estimate of drug-likeness (QED) is 0.365. The number of alkyl halides is 1. The lowest BCUT2D eigenvalue weighted by Gasteiger charge is -2.62. The highest BCUT2D eigenvalue weighted by atomic mass is 35.5. The molecular formula is C10H16ClNO. The molecule has 0 aromatic carbocycles. The van der Waals surface area contributed by atoms with Crippen molar-refractivity contribution in [2.24, 2.45) is 22.4 Å². The molecule has 0 amide bonds. The summed E-state index contributed by atoms with van der Waals surface area (Å²) in [6.45, 7) is 6.51. The second-order valence-corrected chi connectivity index (χ2v) is 5.92. The maximum Gasteiger partial charge on any atom is 0.0865 e. The van der Waals surface area contributed by atoms with Gasteiger partial charge in [-0.3, -0.25) is 0 Å². The van der Waals surface area contributed by atoms with Gasteiger partial charge in [0, 0.05) is 0 Å². The molecule has 0 saturated heterocycles. The minimum atomic E-state index is -0.424. The maximum atomic E-state index is 8.84. The third kappa shape index (κ3) is 0.983. The van der Waals surface area contributed by atoms with E-state index < -0.39 is 4.87 Å². The summed E-state index contributed by atoms with van der Waals surface area (Å²) in [4.78, 5) is -0.424. The van der Waals surface area contributed by atoms with Crippen molar-refractivity contribution in [3.05, 3.63) is 0 Å². The summed E-state index contributed by atoms with van der Waals surface area (Å²) >= 11 is 6.42. The van der Waals surface area contributed by atoms with E-state index in [1.165, 1.54) is 6.42 Å². The molecule has 2 nitrogen and oxygen atoms in total. The van der Waals surface area contributed by atoms with Crippen LogP contribution < -0.4 is 0 Å². The van der Waals surface area contributed by atoms with Crippen LogP contribution >= 0.6 is 11.6 Å². The Hall–Kier alpha value is -0.240. The SMILES string of the molecule is CC1(C)[C@@H]2C/C(=N\O)[C@@](C)(Cl)[C@H]1C2. The van der Waals surface area contributed by atoms with Gasteiger partial charge in [-0.15, -0.1) is 11.6 Å². The molecule has 3 aliphatic rings. The average molecular weight is 202 g/mol. The van der Waals surface area contributed by atoms with Crippen molar-refractivity contribution in [1.82, 2.24) is 0 Å². The van der Waals surface area contributed by atoms with Crippen molar-refractivity contribution in [2.45, 2.75) is 38.5 Å². The van der Waals surface area contributed by atoms with Gasteiger partial charge in [0.1, 0.15) is 0 Å². The van der Waals surface area contributed by atoms with Gasteiger partial charge in [0.25, 0.3) is 0 Å². The predicted molar refractivity (Wildman–Crippen MR) is 53.5 cm³/mol. The van der Waals surface area contributed by atoms with Crippen LogP contribution in [0.2, 0.25) is 0 Å². The predicted octanol–water partition coefficient (Wildman–Crippen LogP) is 2.88. The van der Waals surface area contributed by atoms with Crippen LogP contribution in [0.5, 0.6) is 0 Å². The molecule has 2 bridgehead atoms. The fraction of sp³-hybridized carbons (Fsp3) is 0.900. The molecule has 0 aromatic rings. The fourth-order valence-corrected chi connectivity index (χ4v) is 3.54. The Labute approximate surface area is 84.0 Å². The molecule has 74 valence electrons. The molecule has 3 heteroatoms. The van der Waals surface area contributed by atoms with Crippen molar-refractivity contribution >= 4 is 17.3 Å². The lowest BCUT2D eigenvalue weighted by Crippen LogP contribution is -2.62. The van der Waals surface area contributed by atoms with Gasteiger partial charge >= 0.3 is 0 Å². The van der Waals surface area contributed by atoms with E-state index in [4.69, 9.17) is 16.8 Å². The first kappa shape index (κ1) is 9.32. The Kier molecular flexibility index (Phi) is 1.73. The maximum absolute atomic E-state index is 8.84. The largest absolute Gasteiger partial charge is 0.411 e. The monoisotopic (exact) mass is 201 g/mol. The lowest BCUT2D eigenvalue weighted by atomic mass is 9.45. The fourth-order valence-electron chi connectivity index (χ4n) is 3.06. The Morgan fingerprint density at radius 1 is 1.46 bits per heavy atom. The van der Waals surface area contributed by atoms with Crippen molar-refractivity contribution in [1.29, 1.82) is 0 Å². The first-order chi connectivity index (χ1) is 5.90. The molecule has 3 atom stereocenters. The molecular weight excluding hydrogens is 186 g/mol. The number of fused-ring (bicyclic) bond motifs is 2. The molecule has 0 heterocycles. The van der Waals surface area contributed by atoms with E-state index in [-0.39, 0.29) is 0 Å². The van der Waals surface area contributed by atoms with E-state index in [1.54, 1.807) is 0 Å². The normalized spacial score (nSPS) is 50.3. The van der Waals surface area contributed by atoms with Crippen LogP contribution in [-0.4, -0.2) is 15.8 Å². The molecule has 0 radical (unpaired) electrons. The standard InChI is InChI=1S/C10H16ClNO/c1-9(2)6-4-7(9)10(3,11)8(5-6)12-13/h6-7,13H,4-5H2,1-3H3/b12-8+/t6-,7-,10-/m0/s1. The second-order valence-electron chi connectivity index (χ2n) is 5.13. The van der Waals surface area contributed by atoms with Gasteiger partial charge in [-0.1, -0.05) is 19.0 Å². The number of nitrogens with zero attached hydrogens (tertiary/aromatic N) is 1. The molecule has 0 aliphatic heterocycles. The Morgan fingerprint density at radius 3 is 2.46 bits per heavy atom. The van der Waals surface area contributed by atoms with Gasteiger partial charge in [0.15, 0.2) is 0 Å². The second kappa shape index (κ2) is 2.41. The third-order valence-electron chi connectivity index (χ3n) is 4.25. The molecule has 1 N–H and O–H groups in total. The van der Waals surface area contributed by atoms with E-state index in [0.717, 1.165) is 12.1 Å². The molecule has 3 fully saturated rings. The summed E-state index contributed by atoms with van der Waals surface area (Å²) in [6, 6.07) is 0. The van der Waals surface area contributed by atoms with Crippen LogP contribution in [0.4, 0.5) is 0 Å². The summed E-state index contributed by atoms with van der Waals surface area (Å²) < 4.78 is 0. The highest BCUT2D eigenvalue weighted by molar-refractivity contribution is 6.36. The van der Waals surface area contributed by atoms with Crippen LogP contribution in [0.15, 0.2) is 5.16 Å². The summed E-state index contributed by atoms with van der Waals surface area (Å²) in [5, 5.41) is 12.2. The summed E-state index contributed by atoms with van der Waals surface area (Å²) in [5.41, 5.74) is 1.10. The van der Waals surface area contributed by atoms with E-state index in [0.29, 0.717) is 17.3 Å². The van der Waals surface area contributed by atoms with Gasteiger partial charge in [0.05, 0.1) is 10.6 Å². The summed E-state index contributed by atoms with van der Waals surface area (Å²) in [5.74, 6) is 1.13. The van der Waals surface area contributed by atoms with Crippen molar-refractivity contribution in [3.8, 4) is 0 Å². The zero-order valence-electron chi connectivity index (χ0n) is 8.34. The van der Waals surface area contributed by atoms with Crippen LogP contribution in [-0.2, 0) is 0 Å². The Balaban J connectivity index is 2.34. The van der Waals surface area contributed by atoms with Gasteiger partial charge in [-0.2, -0.15) is 0 Å². The summed E-state index contributed by atoms with van der Waals surface area (Å²) in [6.07, 6.45) is 2.05. The number of hydrogen-bond acceptors (Lipinski definition) is 2. The third-order valence-corrected chi connectivity index (χ3v) is 4.73. The molecule has 3 aliphatic carbocycles. The number of hydrogen-bond donors (Lipinski definition) is 1. The van der Waals surface area contributed by atoms with Gasteiger partial charge < -0.3 is 5.21 Å². The topological polar surface area (TPSA) is 32.6 Å². The van der Waals surface area contributed by atoms with Crippen LogP contribution in [0.25, 0.3) is 0 Å². The molecule has 0 unspecified atom stereocenters. The zero-order chi connectivity index (χ0) is 9.85. The summed E-state index contributed by atoms with van der Waals surface area (Å²) in [7, 11) is 0. The molecule has 0 spiro atoms. The minimum Gasteiger partial charge on any atom is -0.411 e.